The highest BCUT2D eigenvalue weighted by Crippen LogP contribution is 2.32. The number of hydrogen-bond donors (Lipinski definition) is 2. The third kappa shape index (κ3) is 7.03. The summed E-state index contributed by atoms with van der Waals surface area (Å²) in [4.78, 5) is 48.1. The molecule has 2 aromatic carbocycles. The summed E-state index contributed by atoms with van der Waals surface area (Å²) < 4.78 is 11.2. The Labute approximate surface area is 248 Å². The van der Waals surface area contributed by atoms with Gasteiger partial charge in [0.2, 0.25) is 5.91 Å². The van der Waals surface area contributed by atoms with Crippen LogP contribution in [0, 0.1) is 0 Å². The molecule has 2 aromatic heterocycles. The van der Waals surface area contributed by atoms with Crippen molar-refractivity contribution in [1.82, 2.24) is 20.2 Å². The third-order valence-corrected chi connectivity index (χ3v) is 8.04. The molecule has 2 N–H and O–H groups in total. The van der Waals surface area contributed by atoms with Crippen LogP contribution in [0.3, 0.4) is 0 Å². The van der Waals surface area contributed by atoms with E-state index in [9.17, 15) is 14.4 Å². The molecule has 3 heterocycles. The zero-order valence-electron chi connectivity index (χ0n) is 23.6. The molecule has 42 heavy (non-hydrogen) atoms. The number of fused-ring (bicyclic) bond motifs is 1. The van der Waals surface area contributed by atoms with E-state index in [4.69, 9.17) is 9.47 Å². The fraction of sp³-hybridized carbons (Fsp3) is 0.323. The summed E-state index contributed by atoms with van der Waals surface area (Å²) in [5.74, 6) is 1.01. The molecule has 0 saturated carbocycles. The molecule has 4 aromatic rings. The van der Waals surface area contributed by atoms with Crippen LogP contribution in [0.5, 0.6) is 11.5 Å². The number of carbonyl (C=O) groups is 3. The van der Waals surface area contributed by atoms with Gasteiger partial charge in [0, 0.05) is 61.1 Å². The molecule has 0 atom stereocenters. The van der Waals surface area contributed by atoms with Crippen LogP contribution in [0.25, 0.3) is 10.9 Å². The maximum Gasteiger partial charge on any atom is 0.272 e. The summed E-state index contributed by atoms with van der Waals surface area (Å²) in [7, 11) is 1.59. The van der Waals surface area contributed by atoms with Gasteiger partial charge in [-0.2, -0.15) is 0 Å². The molecule has 218 valence electrons. The molecular formula is C31H33N5O5S. The van der Waals surface area contributed by atoms with Crippen molar-refractivity contribution in [2.24, 2.45) is 0 Å². The Bertz CT molecular complexity index is 1580. The second kappa shape index (κ2) is 13.4. The van der Waals surface area contributed by atoms with Crippen molar-refractivity contribution in [3.63, 3.8) is 0 Å². The number of pyridine rings is 1. The second-order valence-corrected chi connectivity index (χ2v) is 10.9. The van der Waals surface area contributed by atoms with Gasteiger partial charge in [-0.1, -0.05) is 18.2 Å². The van der Waals surface area contributed by atoms with Crippen LogP contribution in [0.2, 0.25) is 0 Å². The summed E-state index contributed by atoms with van der Waals surface area (Å²) in [5.41, 5.74) is 2.18. The monoisotopic (exact) mass is 587 g/mol. The van der Waals surface area contributed by atoms with Crippen molar-refractivity contribution >= 4 is 45.6 Å². The number of amides is 3. The zero-order valence-corrected chi connectivity index (χ0v) is 24.4. The molecule has 3 amide bonds. The number of nitrogens with one attached hydrogen (secondary N) is 2. The zero-order chi connectivity index (χ0) is 29.5. The summed E-state index contributed by atoms with van der Waals surface area (Å²) in [6, 6.07) is 16.5. The molecule has 0 bridgehead atoms. The first-order valence-corrected chi connectivity index (χ1v) is 14.8. The SMILES string of the molecule is COc1cc(C(=O)N2CCC(c3nc(C(=O)NCCCOc4cccc(NC(C)=O)c4)cs3)CC2)nc2ccccc12. The molecule has 11 heteroatoms. The normalized spacial score (nSPS) is 13.5. The first-order chi connectivity index (χ1) is 20.4. The van der Waals surface area contributed by atoms with Crippen LogP contribution in [0.1, 0.15) is 58.1 Å². The number of thiazole rings is 1. The minimum Gasteiger partial charge on any atom is -0.496 e. The molecule has 1 aliphatic heterocycles. The van der Waals surface area contributed by atoms with Gasteiger partial charge < -0.3 is 25.0 Å². The number of para-hydroxylation sites is 1. The van der Waals surface area contributed by atoms with Crippen molar-refractivity contribution in [2.75, 3.05) is 38.7 Å². The molecule has 10 nitrogen and oxygen atoms in total. The molecule has 5 rings (SSSR count). The van der Waals surface area contributed by atoms with Crippen LogP contribution < -0.4 is 20.1 Å². The fourth-order valence-corrected chi connectivity index (χ4v) is 5.89. The topological polar surface area (TPSA) is 123 Å². The highest BCUT2D eigenvalue weighted by atomic mass is 32.1. The van der Waals surface area contributed by atoms with Crippen LogP contribution in [-0.2, 0) is 4.79 Å². The van der Waals surface area contributed by atoms with Gasteiger partial charge in [0.25, 0.3) is 11.8 Å². The number of rotatable bonds is 10. The highest BCUT2D eigenvalue weighted by Gasteiger charge is 2.28. The number of anilines is 1. The molecule has 0 aliphatic carbocycles. The van der Waals surface area contributed by atoms with Crippen molar-refractivity contribution < 1.29 is 23.9 Å². The third-order valence-electron chi connectivity index (χ3n) is 7.03. The van der Waals surface area contributed by atoms with E-state index >= 15 is 0 Å². The number of aromatic nitrogens is 2. The van der Waals surface area contributed by atoms with Gasteiger partial charge in [0.05, 0.1) is 24.2 Å². The number of carbonyl (C=O) groups excluding carboxylic acids is 3. The van der Waals surface area contributed by atoms with Gasteiger partial charge in [-0.3, -0.25) is 14.4 Å². The summed E-state index contributed by atoms with van der Waals surface area (Å²) in [6.07, 6.45) is 2.16. The average molecular weight is 588 g/mol. The van der Waals surface area contributed by atoms with Crippen LogP contribution in [0.15, 0.2) is 60.0 Å². The lowest BCUT2D eigenvalue weighted by Crippen LogP contribution is -2.38. The number of likely N-dealkylation sites (tertiary alicyclic amines) is 1. The lowest BCUT2D eigenvalue weighted by Gasteiger charge is -2.31. The van der Waals surface area contributed by atoms with E-state index in [0.717, 1.165) is 28.8 Å². The Balaban J connectivity index is 1.07. The van der Waals surface area contributed by atoms with Gasteiger partial charge in [0.1, 0.15) is 22.9 Å². The van der Waals surface area contributed by atoms with Gasteiger partial charge in [-0.15, -0.1) is 11.3 Å². The van der Waals surface area contributed by atoms with E-state index in [1.165, 1.54) is 18.3 Å². The van der Waals surface area contributed by atoms with Crippen molar-refractivity contribution in [3.05, 3.63) is 76.4 Å². The fourth-order valence-electron chi connectivity index (χ4n) is 4.91. The van der Waals surface area contributed by atoms with Crippen LogP contribution >= 0.6 is 11.3 Å². The first-order valence-electron chi connectivity index (χ1n) is 13.9. The predicted molar refractivity (Wildman–Crippen MR) is 161 cm³/mol. The summed E-state index contributed by atoms with van der Waals surface area (Å²) in [6.45, 7) is 3.51. The Kier molecular flexibility index (Phi) is 9.28. The maximum absolute atomic E-state index is 13.2. The Morgan fingerprint density at radius 2 is 1.83 bits per heavy atom. The number of hydrogen-bond acceptors (Lipinski definition) is 8. The van der Waals surface area contributed by atoms with E-state index in [0.29, 0.717) is 61.2 Å². The van der Waals surface area contributed by atoms with E-state index in [1.807, 2.05) is 41.3 Å². The average Bonchev–Trinajstić information content (AvgIpc) is 3.50. The lowest BCUT2D eigenvalue weighted by atomic mass is 9.97. The van der Waals surface area contributed by atoms with E-state index in [2.05, 4.69) is 20.6 Å². The van der Waals surface area contributed by atoms with Gasteiger partial charge in [-0.05, 0) is 43.5 Å². The number of benzene rings is 2. The standard InChI is InChI=1S/C31H33N5O5S/c1-20(37)33-22-7-5-8-23(17-22)41-16-6-13-32-29(38)27-19-42-30(35-27)21-11-14-36(15-12-21)31(39)26-18-28(40-2)24-9-3-4-10-25(24)34-26/h3-5,7-10,17-19,21H,6,11-16H2,1-2H3,(H,32,38)(H,33,37). The molecular weight excluding hydrogens is 554 g/mol. The minimum atomic E-state index is -0.214. The van der Waals surface area contributed by atoms with Crippen molar-refractivity contribution in [3.8, 4) is 11.5 Å². The molecule has 0 radical (unpaired) electrons. The predicted octanol–water partition coefficient (Wildman–Crippen LogP) is 4.88. The maximum atomic E-state index is 13.2. The van der Waals surface area contributed by atoms with Gasteiger partial charge in [-0.25, -0.2) is 9.97 Å². The number of nitrogens with zero attached hydrogens (tertiary/aromatic N) is 3. The summed E-state index contributed by atoms with van der Waals surface area (Å²) >= 11 is 1.48. The van der Waals surface area contributed by atoms with E-state index in [-0.39, 0.29) is 23.6 Å². The number of piperidine rings is 1. The quantitative estimate of drug-likeness (QED) is 0.254. The largest absolute Gasteiger partial charge is 0.496 e. The summed E-state index contributed by atoms with van der Waals surface area (Å²) in [5, 5.41) is 9.20. The first kappa shape index (κ1) is 29.0. The van der Waals surface area contributed by atoms with E-state index < -0.39 is 0 Å². The lowest BCUT2D eigenvalue weighted by molar-refractivity contribution is -0.114. The molecule has 0 unspecified atom stereocenters. The van der Waals surface area contributed by atoms with Crippen LogP contribution in [0.4, 0.5) is 5.69 Å². The van der Waals surface area contributed by atoms with Gasteiger partial charge >= 0.3 is 0 Å². The second-order valence-electron chi connectivity index (χ2n) is 10.0. The Morgan fingerprint density at radius 1 is 1.02 bits per heavy atom. The Morgan fingerprint density at radius 3 is 2.62 bits per heavy atom. The van der Waals surface area contributed by atoms with Crippen molar-refractivity contribution in [1.29, 1.82) is 0 Å². The minimum absolute atomic E-state index is 0.110. The molecule has 1 saturated heterocycles. The number of methoxy groups -OCH3 is 1. The number of ether oxygens (including phenoxy) is 2. The molecule has 1 fully saturated rings. The molecule has 1 aliphatic rings. The Hall–Kier alpha value is -4.51. The van der Waals surface area contributed by atoms with Crippen LogP contribution in [-0.4, -0.2) is 65.9 Å². The van der Waals surface area contributed by atoms with Crippen molar-refractivity contribution in [2.45, 2.75) is 32.1 Å². The van der Waals surface area contributed by atoms with Gasteiger partial charge in [0.15, 0.2) is 0 Å². The highest BCUT2D eigenvalue weighted by molar-refractivity contribution is 7.09. The molecule has 0 spiro atoms. The van der Waals surface area contributed by atoms with E-state index in [1.54, 1.807) is 30.7 Å². The smallest absolute Gasteiger partial charge is 0.272 e.